The zero-order chi connectivity index (χ0) is 13.0. The molecule has 3 N–H and O–H groups in total. The van der Waals surface area contributed by atoms with E-state index in [0.717, 1.165) is 31.5 Å². The first-order valence-electron chi connectivity index (χ1n) is 6.51. The van der Waals surface area contributed by atoms with Crippen LogP contribution in [-0.2, 0) is 6.54 Å². The van der Waals surface area contributed by atoms with Gasteiger partial charge in [0.25, 0.3) is 0 Å². The number of benzene rings is 1. The highest BCUT2D eigenvalue weighted by molar-refractivity contribution is 5.80. The van der Waals surface area contributed by atoms with Gasteiger partial charge in [0.2, 0.25) is 0 Å². The molecule has 2 rings (SSSR count). The minimum Gasteiger partial charge on any atom is -0.464 e. The van der Waals surface area contributed by atoms with Crippen LogP contribution in [0.4, 0.5) is 0 Å². The molecule has 0 radical (unpaired) electrons. The van der Waals surface area contributed by atoms with Crippen LogP contribution in [0.3, 0.4) is 0 Å². The summed E-state index contributed by atoms with van der Waals surface area (Å²) in [7, 11) is 0. The number of furan rings is 1. The summed E-state index contributed by atoms with van der Waals surface area (Å²) < 4.78 is 5.50. The van der Waals surface area contributed by atoms with Gasteiger partial charge in [-0.3, -0.25) is 0 Å². The lowest BCUT2D eigenvalue weighted by molar-refractivity contribution is 0.448. The monoisotopic (exact) mass is 246 g/mol. The van der Waals surface area contributed by atoms with E-state index in [-0.39, 0.29) is 5.54 Å². The average Bonchev–Trinajstić information content (AvgIpc) is 2.71. The van der Waals surface area contributed by atoms with Gasteiger partial charge in [-0.2, -0.15) is 0 Å². The third-order valence-electron chi connectivity index (χ3n) is 3.05. The summed E-state index contributed by atoms with van der Waals surface area (Å²) in [5.41, 5.74) is 8.05. The van der Waals surface area contributed by atoms with E-state index in [1.807, 2.05) is 24.5 Å². The molecule has 18 heavy (non-hydrogen) atoms. The molecule has 0 aliphatic rings. The highest BCUT2D eigenvalue weighted by atomic mass is 16.3. The van der Waals surface area contributed by atoms with E-state index in [2.05, 4.69) is 25.2 Å². The number of hydrogen-bond donors (Lipinski definition) is 2. The molecule has 3 nitrogen and oxygen atoms in total. The van der Waals surface area contributed by atoms with Crippen molar-refractivity contribution in [3.63, 3.8) is 0 Å². The lowest BCUT2D eigenvalue weighted by Crippen LogP contribution is -2.32. The molecule has 0 unspecified atom stereocenters. The van der Waals surface area contributed by atoms with E-state index in [4.69, 9.17) is 10.2 Å². The predicted octanol–water partition coefficient (Wildman–Crippen LogP) is 3.04. The van der Waals surface area contributed by atoms with E-state index in [9.17, 15) is 0 Å². The van der Waals surface area contributed by atoms with Gasteiger partial charge in [0, 0.05) is 23.0 Å². The number of para-hydroxylation sites is 1. The van der Waals surface area contributed by atoms with Crippen molar-refractivity contribution < 1.29 is 4.42 Å². The summed E-state index contributed by atoms with van der Waals surface area (Å²) in [4.78, 5) is 0. The van der Waals surface area contributed by atoms with Crippen molar-refractivity contribution in [1.82, 2.24) is 5.32 Å². The Labute approximate surface area is 108 Å². The summed E-state index contributed by atoms with van der Waals surface area (Å²) in [6.45, 7) is 5.97. The first kappa shape index (κ1) is 13.1. The first-order valence-corrected chi connectivity index (χ1v) is 6.51. The van der Waals surface area contributed by atoms with Crippen molar-refractivity contribution >= 4 is 11.0 Å². The topological polar surface area (TPSA) is 51.2 Å². The molecule has 0 spiro atoms. The van der Waals surface area contributed by atoms with Crippen LogP contribution in [0.5, 0.6) is 0 Å². The second-order valence-electron chi connectivity index (χ2n) is 5.53. The standard InChI is InChI=1S/C15H22N2O/c1-15(2,16)8-5-9-17-10-12-11-18-14-7-4-3-6-13(12)14/h3-4,6-7,11,17H,5,8-10,16H2,1-2H3. The molecule has 0 bridgehead atoms. The molecule has 0 atom stereocenters. The molecule has 0 saturated heterocycles. The van der Waals surface area contributed by atoms with Crippen molar-refractivity contribution in [3.05, 3.63) is 36.1 Å². The zero-order valence-electron chi connectivity index (χ0n) is 11.2. The van der Waals surface area contributed by atoms with Crippen molar-refractivity contribution in [3.8, 4) is 0 Å². The first-order chi connectivity index (χ1) is 8.56. The van der Waals surface area contributed by atoms with Gasteiger partial charge >= 0.3 is 0 Å². The van der Waals surface area contributed by atoms with Crippen LogP contribution in [0.25, 0.3) is 11.0 Å². The highest BCUT2D eigenvalue weighted by Crippen LogP contribution is 2.20. The Balaban J connectivity index is 1.80. The van der Waals surface area contributed by atoms with Gasteiger partial charge in [0.1, 0.15) is 5.58 Å². The van der Waals surface area contributed by atoms with E-state index >= 15 is 0 Å². The molecule has 1 aromatic heterocycles. The Bertz CT molecular complexity index is 496. The largest absolute Gasteiger partial charge is 0.464 e. The molecule has 2 aromatic rings. The van der Waals surface area contributed by atoms with Gasteiger partial charge in [-0.25, -0.2) is 0 Å². The Morgan fingerprint density at radius 1 is 1.28 bits per heavy atom. The maximum Gasteiger partial charge on any atom is 0.134 e. The van der Waals surface area contributed by atoms with Crippen molar-refractivity contribution in [2.45, 2.75) is 38.8 Å². The summed E-state index contributed by atoms with van der Waals surface area (Å²) in [5, 5.41) is 4.64. The van der Waals surface area contributed by atoms with Crippen LogP contribution >= 0.6 is 0 Å². The van der Waals surface area contributed by atoms with Crippen LogP contribution in [0.1, 0.15) is 32.3 Å². The van der Waals surface area contributed by atoms with Crippen LogP contribution < -0.4 is 11.1 Å². The molecule has 0 saturated carbocycles. The van der Waals surface area contributed by atoms with Gasteiger partial charge in [0.05, 0.1) is 6.26 Å². The minimum absolute atomic E-state index is 0.0655. The fourth-order valence-electron chi connectivity index (χ4n) is 2.06. The van der Waals surface area contributed by atoms with Gasteiger partial charge in [-0.15, -0.1) is 0 Å². The normalized spacial score (nSPS) is 12.2. The van der Waals surface area contributed by atoms with Crippen molar-refractivity contribution in [1.29, 1.82) is 0 Å². The SMILES string of the molecule is CC(C)(N)CCCNCc1coc2ccccc12. The Morgan fingerprint density at radius 2 is 2.06 bits per heavy atom. The van der Waals surface area contributed by atoms with Gasteiger partial charge in [-0.1, -0.05) is 18.2 Å². The summed E-state index contributed by atoms with van der Waals surface area (Å²) in [6.07, 6.45) is 3.97. The van der Waals surface area contributed by atoms with Gasteiger partial charge in [-0.05, 0) is 39.3 Å². The molecule has 0 amide bonds. The van der Waals surface area contributed by atoms with Crippen LogP contribution in [0, 0.1) is 0 Å². The molecule has 1 heterocycles. The Morgan fingerprint density at radius 3 is 2.83 bits per heavy atom. The highest BCUT2D eigenvalue weighted by Gasteiger charge is 2.09. The molecule has 3 heteroatoms. The van der Waals surface area contributed by atoms with Crippen LogP contribution in [-0.4, -0.2) is 12.1 Å². The van der Waals surface area contributed by atoms with E-state index in [0.29, 0.717) is 0 Å². The Hall–Kier alpha value is -1.32. The number of hydrogen-bond acceptors (Lipinski definition) is 3. The van der Waals surface area contributed by atoms with E-state index in [1.54, 1.807) is 0 Å². The van der Waals surface area contributed by atoms with E-state index < -0.39 is 0 Å². The minimum atomic E-state index is -0.0655. The number of nitrogens with two attached hydrogens (primary N) is 1. The fourth-order valence-corrected chi connectivity index (χ4v) is 2.06. The second-order valence-corrected chi connectivity index (χ2v) is 5.53. The van der Waals surface area contributed by atoms with Crippen LogP contribution in [0.15, 0.2) is 34.9 Å². The van der Waals surface area contributed by atoms with Gasteiger partial charge in [0.15, 0.2) is 0 Å². The predicted molar refractivity (Wildman–Crippen MR) is 75.4 cm³/mol. The number of fused-ring (bicyclic) bond motifs is 1. The average molecular weight is 246 g/mol. The maximum absolute atomic E-state index is 5.94. The molecule has 98 valence electrons. The third-order valence-corrected chi connectivity index (χ3v) is 3.05. The third kappa shape index (κ3) is 3.59. The summed E-state index contributed by atoms with van der Waals surface area (Å²) in [5.74, 6) is 0. The Kier molecular flexibility index (Phi) is 4.04. The lowest BCUT2D eigenvalue weighted by atomic mass is 10.0. The van der Waals surface area contributed by atoms with Crippen molar-refractivity contribution in [2.75, 3.05) is 6.54 Å². The van der Waals surface area contributed by atoms with E-state index in [1.165, 1.54) is 10.9 Å². The maximum atomic E-state index is 5.94. The number of rotatable bonds is 6. The van der Waals surface area contributed by atoms with Crippen molar-refractivity contribution in [2.24, 2.45) is 5.73 Å². The number of nitrogens with one attached hydrogen (secondary N) is 1. The summed E-state index contributed by atoms with van der Waals surface area (Å²) in [6, 6.07) is 8.12. The second kappa shape index (κ2) is 5.55. The molecule has 1 aromatic carbocycles. The van der Waals surface area contributed by atoms with Crippen LogP contribution in [0.2, 0.25) is 0 Å². The lowest BCUT2D eigenvalue weighted by Gasteiger charge is -2.17. The fraction of sp³-hybridized carbons (Fsp3) is 0.467. The quantitative estimate of drug-likeness (QED) is 0.770. The molecular formula is C15H22N2O. The molecule has 0 fully saturated rings. The molecular weight excluding hydrogens is 224 g/mol. The molecule has 0 aliphatic heterocycles. The summed E-state index contributed by atoms with van der Waals surface area (Å²) >= 11 is 0. The van der Waals surface area contributed by atoms with Gasteiger partial charge < -0.3 is 15.5 Å². The zero-order valence-corrected chi connectivity index (χ0v) is 11.2. The molecule has 0 aliphatic carbocycles. The smallest absolute Gasteiger partial charge is 0.134 e.